The number of nitrogens with zero attached hydrogens (tertiary/aromatic N) is 2. The van der Waals surface area contributed by atoms with Crippen LogP contribution in [0, 0.1) is 0 Å². The fourth-order valence-electron chi connectivity index (χ4n) is 6.83. The molecule has 2 nitrogen and oxygen atoms in total. The molecule has 2 aliphatic rings. The fraction of sp³-hybridized carbons (Fsp3) is 0.121. The maximum absolute atomic E-state index is 4.63. The van der Waals surface area contributed by atoms with Crippen LogP contribution in [0.4, 0.5) is 5.69 Å². The zero-order valence-corrected chi connectivity index (χ0v) is 19.8. The van der Waals surface area contributed by atoms with Crippen LogP contribution in [0.5, 0.6) is 0 Å². The standard InChI is InChI=1S/C33H24N2/c1-33(2)31-21-9-4-3-8-20(21)14-15-22(31)23-16-17-29-30(32(23)33)25-10-5-6-12-28(25)35(29)27-13-7-11-26-24(27)18-19-34-26/h3-17,19H,18H2,1-2H3. The molecule has 2 heteroatoms. The number of aromatic nitrogens is 1. The summed E-state index contributed by atoms with van der Waals surface area (Å²) in [6.07, 6.45) is 2.91. The van der Waals surface area contributed by atoms with Gasteiger partial charge in [0, 0.05) is 34.4 Å². The Hall–Kier alpha value is -4.17. The number of hydrogen-bond acceptors (Lipinski definition) is 1. The van der Waals surface area contributed by atoms with E-state index >= 15 is 0 Å². The van der Waals surface area contributed by atoms with Crippen molar-refractivity contribution in [1.29, 1.82) is 0 Å². The Morgan fingerprint density at radius 1 is 0.686 bits per heavy atom. The van der Waals surface area contributed by atoms with Crippen molar-refractivity contribution < 1.29 is 0 Å². The molecule has 0 spiro atoms. The average Bonchev–Trinajstić information content (AvgIpc) is 3.55. The number of fused-ring (bicyclic) bond motifs is 10. The molecule has 0 N–H and O–H groups in total. The predicted molar refractivity (Wildman–Crippen MR) is 148 cm³/mol. The van der Waals surface area contributed by atoms with Gasteiger partial charge in [0.15, 0.2) is 0 Å². The van der Waals surface area contributed by atoms with E-state index in [1.165, 1.54) is 66.1 Å². The molecule has 6 aromatic rings. The third-order valence-electron chi connectivity index (χ3n) is 8.20. The van der Waals surface area contributed by atoms with E-state index in [2.05, 4.69) is 114 Å². The molecule has 1 aromatic heterocycles. The third-order valence-corrected chi connectivity index (χ3v) is 8.20. The first-order valence-electron chi connectivity index (χ1n) is 12.4. The molecule has 0 atom stereocenters. The summed E-state index contributed by atoms with van der Waals surface area (Å²) >= 11 is 0. The van der Waals surface area contributed by atoms with E-state index in [0.717, 1.165) is 12.1 Å². The van der Waals surface area contributed by atoms with Gasteiger partial charge < -0.3 is 4.57 Å². The molecule has 0 saturated heterocycles. The highest BCUT2D eigenvalue weighted by atomic mass is 15.0. The highest BCUT2D eigenvalue weighted by Crippen LogP contribution is 2.55. The normalized spacial score (nSPS) is 15.1. The van der Waals surface area contributed by atoms with Gasteiger partial charge in [-0.3, -0.25) is 4.99 Å². The van der Waals surface area contributed by atoms with Gasteiger partial charge in [0.25, 0.3) is 0 Å². The summed E-state index contributed by atoms with van der Waals surface area (Å²) in [7, 11) is 0. The lowest BCUT2D eigenvalue weighted by Gasteiger charge is -2.24. The second kappa shape index (κ2) is 6.49. The summed E-state index contributed by atoms with van der Waals surface area (Å²) in [5.74, 6) is 0. The molecule has 5 aromatic carbocycles. The summed E-state index contributed by atoms with van der Waals surface area (Å²) in [4.78, 5) is 4.63. The molecule has 1 aliphatic carbocycles. The zero-order chi connectivity index (χ0) is 23.3. The van der Waals surface area contributed by atoms with Crippen LogP contribution in [0.3, 0.4) is 0 Å². The van der Waals surface area contributed by atoms with Gasteiger partial charge in [-0.2, -0.15) is 0 Å². The molecule has 166 valence electrons. The number of para-hydroxylation sites is 1. The Kier molecular flexibility index (Phi) is 3.55. The van der Waals surface area contributed by atoms with Crippen LogP contribution in [0.15, 0.2) is 96.0 Å². The van der Waals surface area contributed by atoms with Crippen LogP contribution in [-0.2, 0) is 11.8 Å². The Balaban J connectivity index is 1.53. The zero-order valence-electron chi connectivity index (χ0n) is 19.8. The van der Waals surface area contributed by atoms with Crippen molar-refractivity contribution in [3.8, 4) is 16.8 Å². The van der Waals surface area contributed by atoms with Crippen LogP contribution in [0.2, 0.25) is 0 Å². The maximum Gasteiger partial charge on any atom is 0.0682 e. The maximum atomic E-state index is 4.63. The molecule has 0 radical (unpaired) electrons. The summed E-state index contributed by atoms with van der Waals surface area (Å²) in [6.45, 7) is 4.81. The molecular formula is C33H24N2. The van der Waals surface area contributed by atoms with Gasteiger partial charge in [-0.05, 0) is 57.3 Å². The molecule has 0 fully saturated rings. The van der Waals surface area contributed by atoms with Gasteiger partial charge in [-0.15, -0.1) is 0 Å². The molecule has 8 rings (SSSR count). The Morgan fingerprint density at radius 3 is 2.37 bits per heavy atom. The number of aliphatic imine (C=N–C) groups is 1. The smallest absolute Gasteiger partial charge is 0.0682 e. The minimum absolute atomic E-state index is 0.109. The van der Waals surface area contributed by atoms with Gasteiger partial charge in [0.05, 0.1) is 22.4 Å². The second-order valence-electron chi connectivity index (χ2n) is 10.4. The lowest BCUT2D eigenvalue weighted by molar-refractivity contribution is 0.672. The van der Waals surface area contributed by atoms with Gasteiger partial charge in [0.2, 0.25) is 0 Å². The Bertz CT molecular complexity index is 1900. The molecule has 0 saturated carbocycles. The minimum Gasteiger partial charge on any atom is -0.309 e. The van der Waals surface area contributed by atoms with E-state index in [9.17, 15) is 0 Å². The van der Waals surface area contributed by atoms with Crippen LogP contribution in [-0.4, -0.2) is 10.8 Å². The Morgan fingerprint density at radius 2 is 1.46 bits per heavy atom. The second-order valence-corrected chi connectivity index (χ2v) is 10.4. The topological polar surface area (TPSA) is 17.3 Å². The van der Waals surface area contributed by atoms with Crippen LogP contribution >= 0.6 is 0 Å². The molecule has 2 heterocycles. The van der Waals surface area contributed by atoms with Gasteiger partial charge in [-0.25, -0.2) is 0 Å². The number of rotatable bonds is 1. The van der Waals surface area contributed by atoms with Crippen molar-refractivity contribution in [2.75, 3.05) is 0 Å². The Labute approximate surface area is 204 Å². The lowest BCUT2D eigenvalue weighted by Crippen LogP contribution is -2.16. The first kappa shape index (κ1) is 19.2. The molecule has 1 aliphatic heterocycles. The largest absolute Gasteiger partial charge is 0.309 e. The van der Waals surface area contributed by atoms with Crippen molar-refractivity contribution in [3.05, 3.63) is 108 Å². The van der Waals surface area contributed by atoms with Crippen LogP contribution < -0.4 is 0 Å². The predicted octanol–water partition coefficient (Wildman–Crippen LogP) is 8.50. The monoisotopic (exact) mass is 448 g/mol. The van der Waals surface area contributed by atoms with Crippen molar-refractivity contribution in [1.82, 2.24) is 4.57 Å². The quantitative estimate of drug-likeness (QED) is 0.240. The van der Waals surface area contributed by atoms with E-state index < -0.39 is 0 Å². The van der Waals surface area contributed by atoms with Gasteiger partial charge in [0.1, 0.15) is 0 Å². The van der Waals surface area contributed by atoms with E-state index in [4.69, 9.17) is 0 Å². The summed E-state index contributed by atoms with van der Waals surface area (Å²) in [5, 5.41) is 5.37. The first-order chi connectivity index (χ1) is 17.1. The molecule has 35 heavy (non-hydrogen) atoms. The lowest BCUT2D eigenvalue weighted by atomic mass is 9.78. The van der Waals surface area contributed by atoms with Crippen molar-refractivity contribution in [2.24, 2.45) is 4.99 Å². The van der Waals surface area contributed by atoms with E-state index in [1.807, 2.05) is 6.21 Å². The van der Waals surface area contributed by atoms with Crippen molar-refractivity contribution >= 4 is 44.5 Å². The minimum atomic E-state index is -0.109. The molecule has 0 bridgehead atoms. The van der Waals surface area contributed by atoms with Crippen LogP contribution in [0.1, 0.15) is 30.5 Å². The number of benzene rings is 5. The van der Waals surface area contributed by atoms with E-state index in [-0.39, 0.29) is 5.41 Å². The number of hydrogen-bond donors (Lipinski definition) is 0. The van der Waals surface area contributed by atoms with Gasteiger partial charge in [-0.1, -0.05) is 80.6 Å². The highest BCUT2D eigenvalue weighted by Gasteiger charge is 2.39. The molecule has 0 amide bonds. The van der Waals surface area contributed by atoms with Crippen molar-refractivity contribution in [3.63, 3.8) is 0 Å². The SMILES string of the molecule is CC1(C)c2c(ccc3ccccc23)-c2ccc3c(c21)c1ccccc1n3-c1cccc2c1CC=N2. The summed E-state index contributed by atoms with van der Waals surface area (Å²) in [6, 6.07) is 33.5. The third kappa shape index (κ3) is 2.32. The average molecular weight is 449 g/mol. The van der Waals surface area contributed by atoms with Crippen LogP contribution in [0.25, 0.3) is 49.4 Å². The molecular weight excluding hydrogens is 424 g/mol. The summed E-state index contributed by atoms with van der Waals surface area (Å²) in [5.41, 5.74) is 11.7. The summed E-state index contributed by atoms with van der Waals surface area (Å²) < 4.78 is 2.47. The van der Waals surface area contributed by atoms with Gasteiger partial charge >= 0.3 is 0 Å². The molecule has 0 unspecified atom stereocenters. The van der Waals surface area contributed by atoms with E-state index in [1.54, 1.807) is 0 Å². The highest BCUT2D eigenvalue weighted by molar-refractivity contribution is 6.15. The van der Waals surface area contributed by atoms with Crippen molar-refractivity contribution in [2.45, 2.75) is 25.7 Å². The first-order valence-corrected chi connectivity index (χ1v) is 12.4. The van der Waals surface area contributed by atoms with E-state index in [0.29, 0.717) is 0 Å². The fourth-order valence-corrected chi connectivity index (χ4v) is 6.83.